The summed E-state index contributed by atoms with van der Waals surface area (Å²) < 4.78 is 0. The Kier molecular flexibility index (Phi) is 7.48. The third-order valence-corrected chi connectivity index (χ3v) is 6.23. The lowest BCUT2D eigenvalue weighted by atomic mass is 9.79. The van der Waals surface area contributed by atoms with Crippen molar-refractivity contribution in [1.29, 1.82) is 0 Å². The average molecular weight is 415 g/mol. The normalized spacial score (nSPS) is 19.0. The fraction of sp³-hybridized carbons (Fsp3) is 0.609. The van der Waals surface area contributed by atoms with Gasteiger partial charge in [0.15, 0.2) is 0 Å². The molecule has 3 N–H and O–H groups in total. The second kappa shape index (κ2) is 10.1. The minimum Gasteiger partial charge on any atom is -0.350 e. The number of anilines is 2. The molecule has 0 bridgehead atoms. The van der Waals surface area contributed by atoms with Gasteiger partial charge < -0.3 is 16.0 Å². The topological polar surface area (TPSA) is 90.5 Å². The molecule has 3 rings (SSSR count). The predicted molar refractivity (Wildman–Crippen MR) is 119 cm³/mol. The van der Waals surface area contributed by atoms with Gasteiger partial charge in [0.25, 0.3) is 5.91 Å². The van der Waals surface area contributed by atoms with Crippen molar-refractivity contribution in [3.63, 3.8) is 0 Å². The van der Waals surface area contributed by atoms with Crippen molar-refractivity contribution in [2.45, 2.75) is 70.8 Å². The first-order chi connectivity index (χ1) is 14.4. The highest BCUT2D eigenvalue weighted by atomic mass is 16.2. The van der Waals surface area contributed by atoms with Gasteiger partial charge in [0.1, 0.15) is 0 Å². The molecule has 0 unspecified atom stereocenters. The van der Waals surface area contributed by atoms with Crippen LogP contribution in [-0.2, 0) is 9.59 Å². The zero-order valence-corrected chi connectivity index (χ0v) is 18.2. The van der Waals surface area contributed by atoms with Crippen LogP contribution < -0.4 is 16.0 Å². The first-order valence-electron chi connectivity index (χ1n) is 11.1. The number of rotatable bonds is 6. The van der Waals surface area contributed by atoms with E-state index in [0.29, 0.717) is 23.5 Å². The van der Waals surface area contributed by atoms with Gasteiger partial charge >= 0.3 is 0 Å². The van der Waals surface area contributed by atoms with E-state index in [2.05, 4.69) is 20.9 Å². The molecular weight excluding hydrogens is 380 g/mol. The summed E-state index contributed by atoms with van der Waals surface area (Å²) in [6.07, 6.45) is 9.67. The van der Waals surface area contributed by atoms with Crippen molar-refractivity contribution in [1.82, 2.24) is 10.2 Å². The molecule has 2 aliphatic rings. The van der Waals surface area contributed by atoms with Crippen LogP contribution in [-0.4, -0.2) is 47.8 Å². The molecule has 164 valence electrons. The predicted octanol–water partition coefficient (Wildman–Crippen LogP) is 3.52. The van der Waals surface area contributed by atoms with Gasteiger partial charge in [0.05, 0.1) is 0 Å². The third kappa shape index (κ3) is 5.81. The Balaban J connectivity index is 1.76. The van der Waals surface area contributed by atoms with Crippen LogP contribution in [0.25, 0.3) is 0 Å². The average Bonchev–Trinajstić information content (AvgIpc) is 2.72. The Bertz CT molecular complexity index is 746. The molecule has 2 fully saturated rings. The Morgan fingerprint density at radius 3 is 1.90 bits per heavy atom. The SMILES string of the molecule is CC(=O)Nc1cc(NC(C)=O)cc(C(=O)NCC2(N3CCCCC3)CCCCC2)c1. The fourth-order valence-electron chi connectivity index (χ4n) is 4.84. The summed E-state index contributed by atoms with van der Waals surface area (Å²) in [5.41, 5.74) is 1.45. The number of hydrogen-bond donors (Lipinski definition) is 3. The van der Waals surface area contributed by atoms with E-state index in [4.69, 9.17) is 0 Å². The number of piperidine rings is 1. The highest BCUT2D eigenvalue weighted by Gasteiger charge is 2.38. The fourth-order valence-corrected chi connectivity index (χ4v) is 4.84. The number of amides is 3. The molecule has 7 heteroatoms. The molecule has 0 atom stereocenters. The van der Waals surface area contributed by atoms with E-state index >= 15 is 0 Å². The lowest BCUT2D eigenvalue weighted by Crippen LogP contribution is -2.58. The van der Waals surface area contributed by atoms with Crippen LogP contribution in [0.1, 0.15) is 75.6 Å². The molecule has 1 saturated heterocycles. The van der Waals surface area contributed by atoms with Crippen molar-refractivity contribution >= 4 is 29.1 Å². The minimum atomic E-state index is -0.229. The van der Waals surface area contributed by atoms with Crippen LogP contribution >= 0.6 is 0 Å². The number of carbonyl (C=O) groups excluding carboxylic acids is 3. The number of likely N-dealkylation sites (tertiary alicyclic amines) is 1. The van der Waals surface area contributed by atoms with Crippen molar-refractivity contribution in [2.24, 2.45) is 0 Å². The molecule has 1 aromatic carbocycles. The van der Waals surface area contributed by atoms with Gasteiger partial charge in [0, 0.05) is 42.9 Å². The number of benzene rings is 1. The molecule has 0 spiro atoms. The summed E-state index contributed by atoms with van der Waals surface area (Å²) in [6.45, 7) is 5.68. The molecule has 30 heavy (non-hydrogen) atoms. The van der Waals surface area contributed by atoms with Crippen molar-refractivity contribution in [2.75, 3.05) is 30.3 Å². The van der Waals surface area contributed by atoms with Crippen LogP contribution in [0.4, 0.5) is 11.4 Å². The monoisotopic (exact) mass is 414 g/mol. The van der Waals surface area contributed by atoms with Crippen LogP contribution in [0, 0.1) is 0 Å². The number of nitrogens with one attached hydrogen (secondary N) is 3. The van der Waals surface area contributed by atoms with Crippen molar-refractivity contribution in [3.8, 4) is 0 Å². The molecule has 0 aromatic heterocycles. The molecule has 1 aliphatic heterocycles. The summed E-state index contributed by atoms with van der Waals surface area (Å²) >= 11 is 0. The Labute approximate surface area is 179 Å². The van der Waals surface area contributed by atoms with Gasteiger partial charge in [-0.15, -0.1) is 0 Å². The second-order valence-electron chi connectivity index (χ2n) is 8.68. The smallest absolute Gasteiger partial charge is 0.251 e. The summed E-state index contributed by atoms with van der Waals surface area (Å²) in [5.74, 6) is -0.643. The molecule has 3 amide bonds. The van der Waals surface area contributed by atoms with Crippen LogP contribution in [0.5, 0.6) is 0 Å². The summed E-state index contributed by atoms with van der Waals surface area (Å²) in [4.78, 5) is 38.6. The second-order valence-corrected chi connectivity index (χ2v) is 8.68. The molecular formula is C23H34N4O3. The minimum absolute atomic E-state index is 0.0457. The maximum atomic E-state index is 13.0. The quantitative estimate of drug-likeness (QED) is 0.664. The maximum Gasteiger partial charge on any atom is 0.251 e. The number of hydrogen-bond acceptors (Lipinski definition) is 4. The number of carbonyl (C=O) groups is 3. The highest BCUT2D eigenvalue weighted by Crippen LogP contribution is 2.35. The Hall–Kier alpha value is -2.41. The molecule has 7 nitrogen and oxygen atoms in total. The van der Waals surface area contributed by atoms with E-state index in [-0.39, 0.29) is 23.3 Å². The largest absolute Gasteiger partial charge is 0.350 e. The van der Waals surface area contributed by atoms with Gasteiger partial charge in [0.2, 0.25) is 11.8 Å². The molecule has 1 saturated carbocycles. The lowest BCUT2D eigenvalue weighted by molar-refractivity contribution is -0.115. The van der Waals surface area contributed by atoms with Gasteiger partial charge in [-0.05, 0) is 57.0 Å². The molecule has 0 radical (unpaired) electrons. The van der Waals surface area contributed by atoms with E-state index in [9.17, 15) is 14.4 Å². The zero-order valence-electron chi connectivity index (χ0n) is 18.2. The molecule has 1 aliphatic carbocycles. The highest BCUT2D eigenvalue weighted by molar-refractivity contribution is 5.99. The van der Waals surface area contributed by atoms with E-state index in [1.165, 1.54) is 52.4 Å². The lowest BCUT2D eigenvalue weighted by Gasteiger charge is -2.48. The summed E-state index contributed by atoms with van der Waals surface area (Å²) in [7, 11) is 0. The first-order valence-corrected chi connectivity index (χ1v) is 11.1. The van der Waals surface area contributed by atoms with E-state index in [1.54, 1.807) is 18.2 Å². The zero-order chi connectivity index (χ0) is 21.6. The Morgan fingerprint density at radius 1 is 0.833 bits per heavy atom. The van der Waals surface area contributed by atoms with E-state index in [0.717, 1.165) is 25.9 Å². The number of nitrogens with zero attached hydrogens (tertiary/aromatic N) is 1. The van der Waals surface area contributed by atoms with Gasteiger partial charge in [-0.2, -0.15) is 0 Å². The van der Waals surface area contributed by atoms with Crippen molar-refractivity contribution < 1.29 is 14.4 Å². The van der Waals surface area contributed by atoms with Gasteiger partial charge in [-0.1, -0.05) is 25.7 Å². The molecule has 1 aromatic rings. The van der Waals surface area contributed by atoms with E-state index < -0.39 is 0 Å². The summed E-state index contributed by atoms with van der Waals surface area (Å²) in [6, 6.07) is 4.95. The third-order valence-electron chi connectivity index (χ3n) is 6.23. The van der Waals surface area contributed by atoms with Crippen LogP contribution in [0.15, 0.2) is 18.2 Å². The van der Waals surface area contributed by atoms with E-state index in [1.807, 2.05) is 0 Å². The molecule has 1 heterocycles. The Morgan fingerprint density at radius 2 is 1.37 bits per heavy atom. The maximum absolute atomic E-state index is 13.0. The van der Waals surface area contributed by atoms with Crippen molar-refractivity contribution in [3.05, 3.63) is 23.8 Å². The summed E-state index contributed by atoms with van der Waals surface area (Å²) in [5, 5.41) is 8.56. The van der Waals surface area contributed by atoms with Crippen LogP contribution in [0.2, 0.25) is 0 Å². The first kappa shape index (κ1) is 22.3. The van der Waals surface area contributed by atoms with Crippen LogP contribution in [0.3, 0.4) is 0 Å². The van der Waals surface area contributed by atoms with Gasteiger partial charge in [-0.3, -0.25) is 19.3 Å². The van der Waals surface area contributed by atoms with Gasteiger partial charge in [-0.25, -0.2) is 0 Å². The standard InChI is InChI=1S/C23H34N4O3/c1-17(28)25-20-13-19(14-21(15-20)26-18(2)29)22(30)24-16-23(9-5-3-6-10-23)27-11-7-4-8-12-27/h13-15H,3-12,16H2,1-2H3,(H,24,30)(H,25,28)(H,26,29).